The van der Waals surface area contributed by atoms with Crippen LogP contribution in [0.5, 0.6) is 11.5 Å². The molecule has 0 aliphatic heterocycles. The molecule has 0 aliphatic carbocycles. The highest BCUT2D eigenvalue weighted by Crippen LogP contribution is 2.35. The largest absolute Gasteiger partial charge is 0.497 e. The number of rotatable bonds is 9. The molecule has 4 aromatic rings. The molecule has 2 heterocycles. The van der Waals surface area contributed by atoms with E-state index >= 15 is 0 Å². The van der Waals surface area contributed by atoms with E-state index in [0.717, 1.165) is 11.8 Å². The molecule has 0 aliphatic rings. The summed E-state index contributed by atoms with van der Waals surface area (Å²) in [5.74, 6) is 0.648. The second kappa shape index (κ2) is 10.1. The fourth-order valence-electron chi connectivity index (χ4n) is 3.17. The van der Waals surface area contributed by atoms with Crippen LogP contribution in [0.1, 0.15) is 10.4 Å². The monoisotopic (exact) mass is 480 g/mol. The van der Waals surface area contributed by atoms with Gasteiger partial charge >= 0.3 is 5.97 Å². The average molecular weight is 481 g/mol. The molecule has 1 amide bonds. The van der Waals surface area contributed by atoms with Crippen molar-refractivity contribution >= 4 is 29.3 Å². The number of carbonyl (C=O) groups is 2. The summed E-state index contributed by atoms with van der Waals surface area (Å²) in [5.41, 5.74) is 1.08. The van der Waals surface area contributed by atoms with Crippen molar-refractivity contribution in [2.75, 3.05) is 25.3 Å². The van der Waals surface area contributed by atoms with Crippen LogP contribution >= 0.6 is 11.8 Å². The van der Waals surface area contributed by atoms with Gasteiger partial charge in [-0.25, -0.2) is 4.79 Å². The average Bonchev–Trinajstić information content (AvgIpc) is 3.52. The molecule has 11 heteroatoms. The van der Waals surface area contributed by atoms with Gasteiger partial charge in [0.05, 0.1) is 37.5 Å². The Morgan fingerprint density at radius 1 is 1.09 bits per heavy atom. The van der Waals surface area contributed by atoms with Gasteiger partial charge in [-0.05, 0) is 42.5 Å². The molecule has 2 N–H and O–H groups in total. The molecule has 0 atom stereocenters. The van der Waals surface area contributed by atoms with Crippen LogP contribution in [0.4, 0.5) is 5.69 Å². The van der Waals surface area contributed by atoms with E-state index in [4.69, 9.17) is 19.0 Å². The SMILES string of the molecule is COc1ccc(OC)c(-n2c(SCC(=O)Nc3cccc(C(=O)O)c3)nnc2-c2ccco2)c1. The molecule has 0 saturated carbocycles. The standard InChI is InChI=1S/C23H20N4O6S/c1-31-16-8-9-18(32-2)17(12-16)27-21(19-7-4-10-33-19)25-26-23(27)34-13-20(28)24-15-6-3-5-14(11-15)22(29)30/h3-12H,13H2,1-2H3,(H,24,28)(H,29,30). The number of nitrogens with zero attached hydrogens (tertiary/aromatic N) is 3. The Morgan fingerprint density at radius 2 is 1.94 bits per heavy atom. The minimum atomic E-state index is -1.07. The minimum Gasteiger partial charge on any atom is -0.497 e. The highest BCUT2D eigenvalue weighted by molar-refractivity contribution is 7.99. The number of carboxylic acid groups (broad SMARTS) is 1. The Bertz CT molecular complexity index is 1320. The van der Waals surface area contributed by atoms with E-state index in [-0.39, 0.29) is 17.2 Å². The van der Waals surface area contributed by atoms with Crippen molar-refractivity contribution < 1.29 is 28.6 Å². The fraction of sp³-hybridized carbons (Fsp3) is 0.130. The fourth-order valence-corrected chi connectivity index (χ4v) is 3.92. The first-order valence-electron chi connectivity index (χ1n) is 9.98. The predicted octanol–water partition coefficient (Wildman–Crippen LogP) is 3.97. The number of benzene rings is 2. The first-order chi connectivity index (χ1) is 16.5. The van der Waals surface area contributed by atoms with Crippen LogP contribution in [-0.2, 0) is 4.79 Å². The highest BCUT2D eigenvalue weighted by atomic mass is 32.2. The molecule has 2 aromatic heterocycles. The van der Waals surface area contributed by atoms with Crippen molar-refractivity contribution in [3.8, 4) is 28.8 Å². The van der Waals surface area contributed by atoms with E-state index in [2.05, 4.69) is 15.5 Å². The van der Waals surface area contributed by atoms with Gasteiger partial charge < -0.3 is 24.3 Å². The number of thioether (sulfide) groups is 1. The minimum absolute atomic E-state index is 0.000128. The molecular weight excluding hydrogens is 460 g/mol. The van der Waals surface area contributed by atoms with Gasteiger partial charge in [0.25, 0.3) is 0 Å². The summed E-state index contributed by atoms with van der Waals surface area (Å²) in [5, 5.41) is 20.8. The van der Waals surface area contributed by atoms with Gasteiger partial charge in [-0.2, -0.15) is 0 Å². The number of carbonyl (C=O) groups excluding carboxylic acids is 1. The molecule has 0 spiro atoms. The number of furan rings is 1. The summed E-state index contributed by atoms with van der Waals surface area (Å²) in [6.07, 6.45) is 1.53. The van der Waals surface area contributed by atoms with Crippen molar-refractivity contribution in [1.82, 2.24) is 14.8 Å². The zero-order valence-electron chi connectivity index (χ0n) is 18.2. The number of hydrogen-bond acceptors (Lipinski definition) is 8. The summed E-state index contributed by atoms with van der Waals surface area (Å²) in [7, 11) is 3.11. The van der Waals surface area contributed by atoms with Crippen molar-refractivity contribution in [2.45, 2.75) is 5.16 Å². The molecule has 4 rings (SSSR count). The highest BCUT2D eigenvalue weighted by Gasteiger charge is 2.22. The van der Waals surface area contributed by atoms with Gasteiger partial charge in [-0.15, -0.1) is 10.2 Å². The number of amides is 1. The molecule has 0 bridgehead atoms. The Kier molecular flexibility index (Phi) is 6.83. The lowest BCUT2D eigenvalue weighted by Gasteiger charge is -2.14. The summed E-state index contributed by atoms with van der Waals surface area (Å²) < 4.78 is 18.2. The quantitative estimate of drug-likeness (QED) is 0.342. The Labute approximate surface area is 198 Å². The molecule has 2 aromatic carbocycles. The second-order valence-corrected chi connectivity index (χ2v) is 7.82. The number of aromatic nitrogens is 3. The number of carboxylic acids is 1. The molecule has 0 unspecified atom stereocenters. The smallest absolute Gasteiger partial charge is 0.335 e. The third-order valence-corrected chi connectivity index (χ3v) is 5.66. The number of ether oxygens (including phenoxy) is 2. The lowest BCUT2D eigenvalue weighted by atomic mass is 10.2. The van der Waals surface area contributed by atoms with Gasteiger partial charge in [-0.1, -0.05) is 17.8 Å². The summed E-state index contributed by atoms with van der Waals surface area (Å²) in [6, 6.07) is 14.8. The van der Waals surface area contributed by atoms with E-state index < -0.39 is 5.97 Å². The first-order valence-corrected chi connectivity index (χ1v) is 11.0. The van der Waals surface area contributed by atoms with Crippen LogP contribution in [0.2, 0.25) is 0 Å². The van der Waals surface area contributed by atoms with E-state index in [1.807, 2.05) is 0 Å². The molecule has 0 saturated heterocycles. The summed E-state index contributed by atoms with van der Waals surface area (Å²) in [4.78, 5) is 23.7. The van der Waals surface area contributed by atoms with Gasteiger partial charge in [0.2, 0.25) is 11.7 Å². The van der Waals surface area contributed by atoms with Crippen molar-refractivity contribution in [3.05, 3.63) is 66.4 Å². The van der Waals surface area contributed by atoms with E-state index in [0.29, 0.717) is 39.6 Å². The van der Waals surface area contributed by atoms with E-state index in [1.165, 1.54) is 18.4 Å². The Morgan fingerprint density at radius 3 is 2.65 bits per heavy atom. The van der Waals surface area contributed by atoms with Crippen LogP contribution in [-0.4, -0.2) is 51.7 Å². The number of aromatic carboxylic acids is 1. The maximum atomic E-state index is 12.6. The lowest BCUT2D eigenvalue weighted by Crippen LogP contribution is -2.15. The molecule has 174 valence electrons. The van der Waals surface area contributed by atoms with Gasteiger partial charge in [0.1, 0.15) is 11.5 Å². The zero-order chi connectivity index (χ0) is 24.1. The molecular formula is C23H20N4O6S. The normalized spacial score (nSPS) is 10.6. The van der Waals surface area contributed by atoms with E-state index in [1.54, 1.807) is 61.3 Å². The van der Waals surface area contributed by atoms with Gasteiger partial charge in [-0.3, -0.25) is 9.36 Å². The topological polar surface area (TPSA) is 129 Å². The molecule has 0 radical (unpaired) electrons. The lowest BCUT2D eigenvalue weighted by molar-refractivity contribution is -0.113. The van der Waals surface area contributed by atoms with Crippen LogP contribution in [0.25, 0.3) is 17.3 Å². The van der Waals surface area contributed by atoms with Crippen molar-refractivity contribution in [2.24, 2.45) is 0 Å². The maximum absolute atomic E-state index is 12.6. The number of anilines is 1. The number of methoxy groups -OCH3 is 2. The van der Waals surface area contributed by atoms with Crippen LogP contribution < -0.4 is 14.8 Å². The first kappa shape index (κ1) is 22.9. The maximum Gasteiger partial charge on any atom is 0.335 e. The predicted molar refractivity (Wildman–Crippen MR) is 125 cm³/mol. The van der Waals surface area contributed by atoms with Crippen LogP contribution in [0.15, 0.2) is 70.4 Å². The molecule has 34 heavy (non-hydrogen) atoms. The summed E-state index contributed by atoms with van der Waals surface area (Å²) in [6.45, 7) is 0. The second-order valence-electron chi connectivity index (χ2n) is 6.88. The number of nitrogens with one attached hydrogen (secondary N) is 1. The third-order valence-electron chi connectivity index (χ3n) is 4.73. The molecule has 10 nitrogen and oxygen atoms in total. The Hall–Kier alpha value is -4.25. The molecule has 0 fully saturated rings. The number of hydrogen-bond donors (Lipinski definition) is 2. The summed E-state index contributed by atoms with van der Waals surface area (Å²) >= 11 is 1.15. The Balaban J connectivity index is 1.63. The van der Waals surface area contributed by atoms with E-state index in [9.17, 15) is 9.59 Å². The van der Waals surface area contributed by atoms with Crippen LogP contribution in [0.3, 0.4) is 0 Å². The third kappa shape index (κ3) is 4.89. The zero-order valence-corrected chi connectivity index (χ0v) is 19.0. The van der Waals surface area contributed by atoms with Crippen molar-refractivity contribution in [1.29, 1.82) is 0 Å². The van der Waals surface area contributed by atoms with Gasteiger partial charge in [0, 0.05) is 11.8 Å². The van der Waals surface area contributed by atoms with Crippen molar-refractivity contribution in [3.63, 3.8) is 0 Å². The van der Waals surface area contributed by atoms with Crippen LogP contribution in [0, 0.1) is 0 Å². The van der Waals surface area contributed by atoms with Gasteiger partial charge in [0.15, 0.2) is 10.9 Å².